The minimum absolute atomic E-state index is 0.192. The molecule has 0 spiro atoms. The molecule has 1 heterocycles. The van der Waals surface area contributed by atoms with Gasteiger partial charge >= 0.3 is 0 Å². The number of nitrogens with zero attached hydrogens (tertiary/aromatic N) is 1. The summed E-state index contributed by atoms with van der Waals surface area (Å²) in [5, 5.41) is 2.63. The topological polar surface area (TPSA) is 58.4 Å². The van der Waals surface area contributed by atoms with Crippen LogP contribution in [-0.4, -0.2) is 17.9 Å². The van der Waals surface area contributed by atoms with Crippen molar-refractivity contribution < 1.29 is 4.79 Å². The van der Waals surface area contributed by atoms with Crippen LogP contribution in [0.15, 0.2) is 35.7 Å². The molecule has 1 aromatic carbocycles. The lowest BCUT2D eigenvalue weighted by Gasteiger charge is -2.25. The van der Waals surface area contributed by atoms with Gasteiger partial charge in [-0.15, -0.1) is 11.3 Å². The highest BCUT2D eigenvalue weighted by molar-refractivity contribution is 7.12. The molecule has 2 rings (SSSR count). The SMILES string of the molecule is CC(c1cccc(Cl)c1)N(C)Cc1ccsc1C(=O)NN. The van der Waals surface area contributed by atoms with Crippen LogP contribution in [0.1, 0.15) is 33.8 Å². The number of hydrogen-bond acceptors (Lipinski definition) is 4. The summed E-state index contributed by atoms with van der Waals surface area (Å²) in [4.78, 5) is 14.5. The van der Waals surface area contributed by atoms with E-state index >= 15 is 0 Å². The largest absolute Gasteiger partial charge is 0.295 e. The quantitative estimate of drug-likeness (QED) is 0.504. The van der Waals surface area contributed by atoms with Gasteiger partial charge in [0, 0.05) is 17.6 Å². The Morgan fingerprint density at radius 1 is 1.48 bits per heavy atom. The van der Waals surface area contributed by atoms with E-state index in [-0.39, 0.29) is 11.9 Å². The van der Waals surface area contributed by atoms with Crippen LogP contribution in [0.2, 0.25) is 5.02 Å². The second-order valence-electron chi connectivity index (χ2n) is 4.89. The number of halogens is 1. The van der Waals surface area contributed by atoms with E-state index in [1.54, 1.807) is 0 Å². The number of rotatable bonds is 5. The van der Waals surface area contributed by atoms with Crippen molar-refractivity contribution in [1.82, 2.24) is 10.3 Å². The zero-order valence-corrected chi connectivity index (χ0v) is 13.5. The smallest absolute Gasteiger partial charge is 0.275 e. The monoisotopic (exact) mass is 323 g/mol. The van der Waals surface area contributed by atoms with Gasteiger partial charge in [-0.05, 0) is 48.7 Å². The maximum atomic E-state index is 11.7. The van der Waals surface area contributed by atoms with E-state index in [1.807, 2.05) is 42.8 Å². The molecule has 0 saturated carbocycles. The van der Waals surface area contributed by atoms with E-state index in [0.717, 1.165) is 16.1 Å². The molecular weight excluding hydrogens is 306 g/mol. The second kappa shape index (κ2) is 7.04. The van der Waals surface area contributed by atoms with Crippen LogP contribution >= 0.6 is 22.9 Å². The molecule has 0 aliphatic carbocycles. The van der Waals surface area contributed by atoms with Gasteiger partial charge in [-0.3, -0.25) is 15.1 Å². The van der Waals surface area contributed by atoms with Crippen molar-refractivity contribution >= 4 is 28.8 Å². The van der Waals surface area contributed by atoms with Gasteiger partial charge in [0.15, 0.2) is 0 Å². The number of hydrazine groups is 1. The highest BCUT2D eigenvalue weighted by Crippen LogP contribution is 2.25. The average Bonchev–Trinajstić information content (AvgIpc) is 2.93. The van der Waals surface area contributed by atoms with Crippen LogP contribution in [0.25, 0.3) is 0 Å². The van der Waals surface area contributed by atoms with E-state index in [1.165, 1.54) is 11.3 Å². The molecule has 6 heteroatoms. The number of amides is 1. The number of carbonyl (C=O) groups excluding carboxylic acids is 1. The first-order chi connectivity index (χ1) is 10.0. The fourth-order valence-corrected chi connectivity index (χ4v) is 3.17. The van der Waals surface area contributed by atoms with Gasteiger partial charge in [0.2, 0.25) is 0 Å². The van der Waals surface area contributed by atoms with Crippen molar-refractivity contribution in [2.75, 3.05) is 7.05 Å². The number of hydrogen-bond donors (Lipinski definition) is 2. The Labute approximate surface area is 133 Å². The average molecular weight is 324 g/mol. The molecule has 1 aromatic heterocycles. The van der Waals surface area contributed by atoms with Gasteiger partial charge in [-0.25, -0.2) is 5.84 Å². The van der Waals surface area contributed by atoms with Crippen molar-refractivity contribution in [2.24, 2.45) is 5.84 Å². The minimum atomic E-state index is -0.246. The van der Waals surface area contributed by atoms with Crippen LogP contribution < -0.4 is 11.3 Å². The standard InChI is InChI=1S/C15H18ClN3OS/c1-10(11-4-3-5-13(16)8-11)19(2)9-12-6-7-21-14(12)15(20)18-17/h3-8,10H,9,17H2,1-2H3,(H,18,20). The third-order valence-corrected chi connectivity index (χ3v) is 4.69. The summed E-state index contributed by atoms with van der Waals surface area (Å²) in [6.07, 6.45) is 0. The maximum absolute atomic E-state index is 11.7. The zero-order chi connectivity index (χ0) is 15.4. The Balaban J connectivity index is 2.13. The predicted molar refractivity (Wildman–Crippen MR) is 87.3 cm³/mol. The summed E-state index contributed by atoms with van der Waals surface area (Å²) in [6.45, 7) is 2.78. The first-order valence-electron chi connectivity index (χ1n) is 6.56. The summed E-state index contributed by atoms with van der Waals surface area (Å²) >= 11 is 7.43. The molecule has 112 valence electrons. The first-order valence-corrected chi connectivity index (χ1v) is 7.81. The molecule has 3 N–H and O–H groups in total. The molecule has 0 aliphatic rings. The van der Waals surface area contributed by atoms with Gasteiger partial charge in [0.1, 0.15) is 0 Å². The molecule has 2 aromatic rings. The number of nitrogens with two attached hydrogens (primary N) is 1. The number of carbonyl (C=O) groups is 1. The van der Waals surface area contributed by atoms with Crippen molar-refractivity contribution in [2.45, 2.75) is 19.5 Å². The maximum Gasteiger partial charge on any atom is 0.275 e. The normalized spacial score (nSPS) is 12.4. The highest BCUT2D eigenvalue weighted by atomic mass is 35.5. The molecule has 1 atom stereocenters. The Hall–Kier alpha value is -1.40. The summed E-state index contributed by atoms with van der Waals surface area (Å²) in [5.41, 5.74) is 4.30. The van der Waals surface area contributed by atoms with Gasteiger partial charge in [0.25, 0.3) is 5.91 Å². The van der Waals surface area contributed by atoms with Crippen molar-refractivity contribution in [3.63, 3.8) is 0 Å². The summed E-state index contributed by atoms with van der Waals surface area (Å²) in [7, 11) is 2.02. The Bertz CT molecular complexity index is 629. The second-order valence-corrected chi connectivity index (χ2v) is 6.25. The lowest BCUT2D eigenvalue weighted by atomic mass is 10.1. The molecule has 0 bridgehead atoms. The number of nitrogens with one attached hydrogen (secondary N) is 1. The van der Waals surface area contributed by atoms with Crippen LogP contribution in [0.4, 0.5) is 0 Å². The lowest BCUT2D eigenvalue weighted by Crippen LogP contribution is -2.31. The number of nitrogen functional groups attached to an aromatic ring is 1. The van der Waals surface area contributed by atoms with E-state index in [2.05, 4.69) is 17.2 Å². The molecule has 0 fully saturated rings. The molecular formula is C15H18ClN3OS. The van der Waals surface area contributed by atoms with Crippen LogP contribution in [-0.2, 0) is 6.54 Å². The highest BCUT2D eigenvalue weighted by Gasteiger charge is 2.17. The lowest BCUT2D eigenvalue weighted by molar-refractivity contribution is 0.0955. The van der Waals surface area contributed by atoms with Crippen LogP contribution in [0.5, 0.6) is 0 Å². The molecule has 0 saturated heterocycles. The van der Waals surface area contributed by atoms with Crippen molar-refractivity contribution in [3.8, 4) is 0 Å². The Morgan fingerprint density at radius 3 is 2.90 bits per heavy atom. The van der Waals surface area contributed by atoms with Crippen LogP contribution in [0, 0.1) is 0 Å². The molecule has 4 nitrogen and oxygen atoms in total. The van der Waals surface area contributed by atoms with E-state index in [4.69, 9.17) is 17.4 Å². The molecule has 1 unspecified atom stereocenters. The molecule has 1 amide bonds. The fraction of sp³-hybridized carbons (Fsp3) is 0.267. The number of thiophene rings is 1. The summed E-state index contributed by atoms with van der Waals surface area (Å²) < 4.78 is 0. The van der Waals surface area contributed by atoms with Crippen molar-refractivity contribution in [3.05, 3.63) is 56.7 Å². The van der Waals surface area contributed by atoms with E-state index < -0.39 is 0 Å². The molecule has 0 aliphatic heterocycles. The summed E-state index contributed by atoms with van der Waals surface area (Å²) in [5.74, 6) is 4.96. The van der Waals surface area contributed by atoms with Crippen molar-refractivity contribution in [1.29, 1.82) is 0 Å². The van der Waals surface area contributed by atoms with E-state index in [9.17, 15) is 4.79 Å². The Morgan fingerprint density at radius 2 is 2.24 bits per heavy atom. The van der Waals surface area contributed by atoms with Crippen LogP contribution in [0.3, 0.4) is 0 Å². The molecule has 21 heavy (non-hydrogen) atoms. The van der Waals surface area contributed by atoms with Gasteiger partial charge in [-0.1, -0.05) is 23.7 Å². The summed E-state index contributed by atoms with van der Waals surface area (Å²) in [6, 6.07) is 9.96. The fourth-order valence-electron chi connectivity index (χ4n) is 2.15. The van der Waals surface area contributed by atoms with Gasteiger partial charge in [0.05, 0.1) is 4.88 Å². The third kappa shape index (κ3) is 3.83. The third-order valence-electron chi connectivity index (χ3n) is 3.50. The first kappa shape index (κ1) is 16.0. The minimum Gasteiger partial charge on any atom is -0.295 e. The number of benzene rings is 1. The molecule has 0 radical (unpaired) electrons. The van der Waals surface area contributed by atoms with Gasteiger partial charge < -0.3 is 0 Å². The van der Waals surface area contributed by atoms with E-state index in [0.29, 0.717) is 11.4 Å². The van der Waals surface area contributed by atoms with Gasteiger partial charge in [-0.2, -0.15) is 0 Å². The predicted octanol–water partition coefficient (Wildman–Crippen LogP) is 3.20. The zero-order valence-electron chi connectivity index (χ0n) is 12.0. The Kier molecular flexibility index (Phi) is 5.36.